The summed E-state index contributed by atoms with van der Waals surface area (Å²) in [6.07, 6.45) is 1.28. The second-order valence-electron chi connectivity index (χ2n) is 12.5. The zero-order chi connectivity index (χ0) is 21.1. The lowest BCUT2D eigenvalue weighted by Crippen LogP contribution is -2.50. The first-order valence-corrected chi connectivity index (χ1v) is 11.1. The van der Waals surface area contributed by atoms with Crippen LogP contribution in [0.1, 0.15) is 83.1 Å². The Morgan fingerprint density at radius 1 is 0.962 bits per heavy atom. The highest BCUT2D eigenvalue weighted by Crippen LogP contribution is 2.54. The van der Waals surface area contributed by atoms with Crippen LogP contribution in [0.15, 0.2) is 0 Å². The minimum atomic E-state index is 0.265. The molecule has 0 aromatic heterocycles. The van der Waals surface area contributed by atoms with Gasteiger partial charge in [0, 0.05) is 0 Å². The van der Waals surface area contributed by atoms with Gasteiger partial charge in [0.15, 0.2) is 0 Å². The Hall–Kier alpha value is 0.220. The molecule has 150 valence electrons. The van der Waals surface area contributed by atoms with E-state index in [1.54, 1.807) is 0 Å². The van der Waals surface area contributed by atoms with Crippen molar-refractivity contribution >= 4 is 29.3 Å². The largest absolute Gasteiger partial charge is 0.347 e. The van der Waals surface area contributed by atoms with Gasteiger partial charge in [0.2, 0.25) is 7.41 Å². The second kappa shape index (κ2) is 9.15. The van der Waals surface area contributed by atoms with Crippen molar-refractivity contribution in [1.82, 2.24) is 4.81 Å². The van der Waals surface area contributed by atoms with Crippen molar-refractivity contribution < 1.29 is 0 Å². The van der Waals surface area contributed by atoms with Gasteiger partial charge in [-0.3, -0.25) is 0 Å². The fraction of sp³-hybridized carbons (Fsp3) is 1.00. The number of hydrogen-bond acceptors (Lipinski definition) is 1. The first-order valence-electron chi connectivity index (χ1n) is 11.1. The molecule has 0 saturated heterocycles. The summed E-state index contributed by atoms with van der Waals surface area (Å²) in [4.78, 5) is 2.61. The summed E-state index contributed by atoms with van der Waals surface area (Å²) < 4.78 is 0. The minimum absolute atomic E-state index is 0.265. The minimum Gasteiger partial charge on any atom is -0.347 e. The van der Waals surface area contributed by atoms with E-state index in [2.05, 4.69) is 103 Å². The summed E-state index contributed by atoms with van der Waals surface area (Å²) in [6, 6.07) is 0. The van der Waals surface area contributed by atoms with Crippen LogP contribution < -0.4 is 0 Å². The van der Waals surface area contributed by atoms with Crippen LogP contribution in [0.5, 0.6) is 0 Å². The molecule has 26 heavy (non-hydrogen) atoms. The summed E-state index contributed by atoms with van der Waals surface area (Å²) in [7, 11) is 7.24. The molecule has 1 atom stereocenters. The molecule has 0 spiro atoms. The van der Waals surface area contributed by atoms with Crippen molar-refractivity contribution in [3.05, 3.63) is 0 Å². The Labute approximate surface area is 170 Å². The molecule has 0 rings (SSSR count). The highest BCUT2D eigenvalue weighted by atomic mass is 15.0. The van der Waals surface area contributed by atoms with Gasteiger partial charge in [0.25, 0.3) is 0 Å². The van der Waals surface area contributed by atoms with Crippen LogP contribution in [-0.2, 0) is 0 Å². The van der Waals surface area contributed by atoms with Crippen LogP contribution in [0.4, 0.5) is 0 Å². The SMILES string of the molecule is BC(C)(C)C(C)(C)C(C)(C)CN(C)BC(C)(C)B(CC)C(C)BC(C)C. The van der Waals surface area contributed by atoms with Crippen molar-refractivity contribution in [3.8, 4) is 0 Å². The normalized spacial score (nSPS) is 15.3. The Bertz CT molecular complexity index is 424. The standard InChI is InChI=1S/C21H49B4N/c1-14-25(17(4)23-16(2)3)21(11,12)24-26(13)15-18(5,6)19(7,8)20(9,10)22/h16-17,23-24H,14-15,22H2,1-13H3. The molecule has 0 fully saturated rings. The van der Waals surface area contributed by atoms with Crippen LogP contribution in [0.25, 0.3) is 0 Å². The molecule has 0 heterocycles. The van der Waals surface area contributed by atoms with E-state index in [9.17, 15) is 0 Å². The Morgan fingerprint density at radius 2 is 1.42 bits per heavy atom. The number of nitrogens with zero attached hydrogens (tertiary/aromatic N) is 1. The summed E-state index contributed by atoms with van der Waals surface area (Å²) in [5.41, 5.74) is 1.33. The van der Waals surface area contributed by atoms with Crippen molar-refractivity contribution in [2.24, 2.45) is 10.8 Å². The van der Waals surface area contributed by atoms with E-state index < -0.39 is 0 Å². The maximum absolute atomic E-state index is 2.61. The zero-order valence-corrected chi connectivity index (χ0v) is 21.0. The average Bonchev–Trinajstić information content (AvgIpc) is 2.34. The van der Waals surface area contributed by atoms with E-state index in [1.165, 1.54) is 21.0 Å². The third kappa shape index (κ3) is 6.68. The number of rotatable bonds is 11. The smallest absolute Gasteiger partial charge is 0.202 e. The quantitative estimate of drug-likeness (QED) is 0.469. The average molecular weight is 359 g/mol. The molecule has 5 heteroatoms. The summed E-state index contributed by atoms with van der Waals surface area (Å²) in [5.74, 6) is 0.791. The molecule has 1 unspecified atom stereocenters. The van der Waals surface area contributed by atoms with E-state index in [1.807, 2.05) is 0 Å². The maximum atomic E-state index is 2.61. The molecule has 1 nitrogen and oxygen atoms in total. The van der Waals surface area contributed by atoms with Gasteiger partial charge in [-0.25, -0.2) is 0 Å². The van der Waals surface area contributed by atoms with Crippen LogP contribution in [0.3, 0.4) is 0 Å². The van der Waals surface area contributed by atoms with E-state index in [0.717, 1.165) is 24.8 Å². The first kappa shape index (κ1) is 26.2. The van der Waals surface area contributed by atoms with E-state index in [4.69, 9.17) is 0 Å². The molecule has 0 radical (unpaired) electrons. The monoisotopic (exact) mass is 359 g/mol. The van der Waals surface area contributed by atoms with Gasteiger partial charge in [-0.05, 0) is 24.4 Å². The van der Waals surface area contributed by atoms with E-state index in [-0.39, 0.29) is 10.8 Å². The van der Waals surface area contributed by atoms with Crippen molar-refractivity contribution in [2.45, 2.75) is 111 Å². The van der Waals surface area contributed by atoms with E-state index in [0.29, 0.717) is 10.5 Å². The fourth-order valence-corrected chi connectivity index (χ4v) is 5.39. The molecular weight excluding hydrogens is 309 g/mol. The predicted octanol–water partition coefficient (Wildman–Crippen LogP) is 5.02. The molecule has 0 aliphatic rings. The molecule has 0 saturated carbocycles. The highest BCUT2D eigenvalue weighted by molar-refractivity contribution is 6.81. The predicted molar refractivity (Wildman–Crippen MR) is 132 cm³/mol. The van der Waals surface area contributed by atoms with Gasteiger partial charge in [-0.2, -0.15) is 0 Å². The van der Waals surface area contributed by atoms with Crippen LogP contribution in [-0.4, -0.2) is 47.7 Å². The highest BCUT2D eigenvalue weighted by Gasteiger charge is 2.46. The molecule has 0 N–H and O–H groups in total. The Balaban J connectivity index is 5.20. The lowest BCUT2D eigenvalue weighted by Gasteiger charge is -2.53. The lowest BCUT2D eigenvalue weighted by molar-refractivity contribution is 0.0510. The first-order chi connectivity index (χ1) is 11.4. The maximum Gasteiger partial charge on any atom is 0.202 e. The van der Waals surface area contributed by atoms with Crippen molar-refractivity contribution in [1.29, 1.82) is 0 Å². The van der Waals surface area contributed by atoms with Gasteiger partial charge >= 0.3 is 0 Å². The van der Waals surface area contributed by atoms with Crippen LogP contribution in [0.2, 0.25) is 28.4 Å². The molecule has 0 bridgehead atoms. The van der Waals surface area contributed by atoms with E-state index >= 15 is 0 Å². The topological polar surface area (TPSA) is 3.24 Å². The fourth-order valence-electron chi connectivity index (χ4n) is 5.39. The number of hydrogen-bond donors (Lipinski definition) is 0. The van der Waals surface area contributed by atoms with Crippen LogP contribution in [0, 0.1) is 10.8 Å². The van der Waals surface area contributed by atoms with Gasteiger partial charge in [-0.1, -0.05) is 111 Å². The molecule has 0 amide bonds. The molecule has 0 aromatic carbocycles. The lowest BCUT2D eigenvalue weighted by atomic mass is 9.14. The van der Waals surface area contributed by atoms with Gasteiger partial charge < -0.3 is 4.81 Å². The molecule has 0 aliphatic heterocycles. The zero-order valence-electron chi connectivity index (χ0n) is 21.0. The summed E-state index contributed by atoms with van der Waals surface area (Å²) in [5, 5.41) is 0.643. The van der Waals surface area contributed by atoms with Gasteiger partial charge in [0.1, 0.15) is 21.8 Å². The summed E-state index contributed by atoms with van der Waals surface area (Å²) in [6.45, 7) is 31.1. The summed E-state index contributed by atoms with van der Waals surface area (Å²) >= 11 is 0. The Morgan fingerprint density at radius 3 is 1.77 bits per heavy atom. The van der Waals surface area contributed by atoms with Crippen molar-refractivity contribution in [3.63, 3.8) is 0 Å². The Kier molecular flexibility index (Phi) is 9.22. The third-order valence-electron chi connectivity index (χ3n) is 7.88. The molecular formula is C21H49B4N. The molecule has 0 aromatic rings. The molecule has 0 aliphatic carbocycles. The van der Waals surface area contributed by atoms with Crippen molar-refractivity contribution in [2.75, 3.05) is 13.6 Å². The third-order valence-corrected chi connectivity index (χ3v) is 7.88. The van der Waals surface area contributed by atoms with Crippen LogP contribution >= 0.6 is 0 Å². The van der Waals surface area contributed by atoms with Gasteiger partial charge in [0.05, 0.1) is 0 Å². The van der Waals surface area contributed by atoms with Gasteiger partial charge in [-0.15, -0.1) is 0 Å². The second-order valence-corrected chi connectivity index (χ2v) is 12.5.